The molecule has 0 saturated heterocycles. The highest BCUT2D eigenvalue weighted by atomic mass is 19.4. The molecular formula is C15H21F3N2O. The number of nitrogens with one attached hydrogen (secondary N) is 1. The third-order valence-electron chi connectivity index (χ3n) is 3.41. The van der Waals surface area contributed by atoms with Crippen LogP contribution >= 0.6 is 0 Å². The normalized spacial score (nSPS) is 12.1. The van der Waals surface area contributed by atoms with Crippen LogP contribution in [0, 0.1) is 0 Å². The van der Waals surface area contributed by atoms with Crippen molar-refractivity contribution in [3.8, 4) is 0 Å². The first-order chi connectivity index (χ1) is 9.57. The van der Waals surface area contributed by atoms with Crippen molar-refractivity contribution in [1.29, 1.82) is 0 Å². The van der Waals surface area contributed by atoms with Crippen LogP contribution in [0.1, 0.15) is 38.3 Å². The molecule has 1 aromatic carbocycles. The average Bonchev–Trinajstić information content (AvgIpc) is 2.37. The number of benzene rings is 1. The average molecular weight is 302 g/mol. The number of alkyl halides is 3. The number of halogens is 3. The Hall–Kier alpha value is -1.72. The highest BCUT2D eigenvalue weighted by Crippen LogP contribution is 2.32. The minimum Gasteiger partial charge on any atom is -0.333 e. The Kier molecular flexibility index (Phi) is 5.25. The van der Waals surface area contributed by atoms with Gasteiger partial charge >= 0.3 is 12.2 Å². The van der Waals surface area contributed by atoms with Gasteiger partial charge in [-0.2, -0.15) is 13.2 Å². The number of nitrogens with zero attached hydrogens (tertiary/aromatic N) is 1. The molecule has 1 N–H and O–H groups in total. The highest BCUT2D eigenvalue weighted by molar-refractivity contribution is 5.74. The molecule has 0 unspecified atom stereocenters. The second kappa shape index (κ2) is 6.37. The van der Waals surface area contributed by atoms with Gasteiger partial charge in [0.2, 0.25) is 0 Å². The molecule has 0 aliphatic heterocycles. The lowest BCUT2D eigenvalue weighted by Crippen LogP contribution is -2.48. The molecule has 0 spiro atoms. The maximum atomic E-state index is 12.9. The number of urea groups is 1. The smallest absolute Gasteiger partial charge is 0.333 e. The monoisotopic (exact) mass is 302 g/mol. The summed E-state index contributed by atoms with van der Waals surface area (Å²) in [6, 6.07) is 4.90. The first-order valence-electron chi connectivity index (χ1n) is 6.75. The van der Waals surface area contributed by atoms with Crippen molar-refractivity contribution in [3.63, 3.8) is 0 Å². The van der Waals surface area contributed by atoms with Crippen LogP contribution in [0.15, 0.2) is 24.3 Å². The highest BCUT2D eigenvalue weighted by Gasteiger charge is 2.33. The SMILES string of the molecule is CCC(C)(C)NC(=O)N(C)Cc1ccccc1C(F)(F)F. The van der Waals surface area contributed by atoms with E-state index in [1.165, 1.54) is 30.1 Å². The van der Waals surface area contributed by atoms with E-state index in [0.29, 0.717) is 0 Å². The number of rotatable bonds is 4. The fourth-order valence-electron chi connectivity index (χ4n) is 1.74. The van der Waals surface area contributed by atoms with Crippen LogP contribution in [0.3, 0.4) is 0 Å². The number of carbonyl (C=O) groups excluding carboxylic acids is 1. The predicted octanol–water partition coefficient (Wildman–Crippen LogP) is 4.04. The maximum Gasteiger partial charge on any atom is 0.416 e. The van der Waals surface area contributed by atoms with Gasteiger partial charge in [-0.1, -0.05) is 25.1 Å². The Bertz CT molecular complexity index is 498. The third-order valence-corrected chi connectivity index (χ3v) is 3.41. The first-order valence-corrected chi connectivity index (χ1v) is 6.75. The van der Waals surface area contributed by atoms with Gasteiger partial charge in [0.05, 0.1) is 5.56 Å². The quantitative estimate of drug-likeness (QED) is 0.894. The van der Waals surface area contributed by atoms with Crippen LogP contribution in [0.2, 0.25) is 0 Å². The topological polar surface area (TPSA) is 32.3 Å². The van der Waals surface area contributed by atoms with Crippen molar-refractivity contribution in [2.24, 2.45) is 0 Å². The summed E-state index contributed by atoms with van der Waals surface area (Å²) < 4.78 is 38.7. The van der Waals surface area contributed by atoms with E-state index in [0.717, 1.165) is 12.5 Å². The van der Waals surface area contributed by atoms with Crippen LogP contribution < -0.4 is 5.32 Å². The number of hydrogen-bond acceptors (Lipinski definition) is 1. The summed E-state index contributed by atoms with van der Waals surface area (Å²) in [6.45, 7) is 5.56. The molecule has 0 bridgehead atoms. The molecule has 0 saturated carbocycles. The van der Waals surface area contributed by atoms with Gasteiger partial charge in [0, 0.05) is 19.1 Å². The Morgan fingerprint density at radius 2 is 1.81 bits per heavy atom. The zero-order valence-electron chi connectivity index (χ0n) is 12.7. The molecule has 0 aliphatic rings. The van der Waals surface area contributed by atoms with Crippen LogP contribution in [0.4, 0.5) is 18.0 Å². The summed E-state index contributed by atoms with van der Waals surface area (Å²) in [7, 11) is 1.48. The summed E-state index contributed by atoms with van der Waals surface area (Å²) >= 11 is 0. The Labute approximate surface area is 123 Å². The minimum atomic E-state index is -4.42. The van der Waals surface area contributed by atoms with E-state index in [-0.39, 0.29) is 18.1 Å². The molecule has 3 nitrogen and oxygen atoms in total. The number of carbonyl (C=O) groups is 1. The van der Waals surface area contributed by atoms with Crippen molar-refractivity contribution in [2.45, 2.75) is 45.5 Å². The molecular weight excluding hydrogens is 281 g/mol. The van der Waals surface area contributed by atoms with Gasteiger partial charge in [0.1, 0.15) is 0 Å². The zero-order chi connectivity index (χ0) is 16.3. The predicted molar refractivity (Wildman–Crippen MR) is 75.8 cm³/mol. The van der Waals surface area contributed by atoms with Crippen LogP contribution in [-0.2, 0) is 12.7 Å². The summed E-state index contributed by atoms with van der Waals surface area (Å²) in [6.07, 6.45) is -3.69. The van der Waals surface area contributed by atoms with Crippen molar-refractivity contribution in [2.75, 3.05) is 7.05 Å². The van der Waals surface area contributed by atoms with Crippen molar-refractivity contribution < 1.29 is 18.0 Å². The molecule has 118 valence electrons. The molecule has 2 amide bonds. The van der Waals surface area contributed by atoms with E-state index in [2.05, 4.69) is 5.32 Å². The van der Waals surface area contributed by atoms with Crippen LogP contribution in [0.25, 0.3) is 0 Å². The van der Waals surface area contributed by atoms with E-state index in [1.807, 2.05) is 20.8 Å². The Balaban J connectivity index is 2.85. The Morgan fingerprint density at radius 1 is 1.24 bits per heavy atom. The van der Waals surface area contributed by atoms with E-state index < -0.39 is 17.3 Å². The molecule has 0 fully saturated rings. The molecule has 0 radical (unpaired) electrons. The summed E-state index contributed by atoms with van der Waals surface area (Å²) in [5.74, 6) is 0. The molecule has 1 aromatic rings. The van der Waals surface area contributed by atoms with E-state index in [9.17, 15) is 18.0 Å². The van der Waals surface area contributed by atoms with Crippen molar-refractivity contribution >= 4 is 6.03 Å². The van der Waals surface area contributed by atoms with Gasteiger partial charge in [-0.3, -0.25) is 0 Å². The fourth-order valence-corrected chi connectivity index (χ4v) is 1.74. The van der Waals surface area contributed by atoms with Crippen molar-refractivity contribution in [1.82, 2.24) is 10.2 Å². The van der Waals surface area contributed by atoms with Gasteiger partial charge in [0.25, 0.3) is 0 Å². The molecule has 0 aliphatic carbocycles. The Morgan fingerprint density at radius 3 is 2.33 bits per heavy atom. The lowest BCUT2D eigenvalue weighted by Gasteiger charge is -2.28. The van der Waals surface area contributed by atoms with Gasteiger partial charge in [-0.25, -0.2) is 4.79 Å². The van der Waals surface area contributed by atoms with Crippen LogP contribution in [0.5, 0.6) is 0 Å². The van der Waals surface area contributed by atoms with Crippen molar-refractivity contribution in [3.05, 3.63) is 35.4 Å². The second-order valence-corrected chi connectivity index (χ2v) is 5.68. The molecule has 21 heavy (non-hydrogen) atoms. The van der Waals surface area contributed by atoms with Gasteiger partial charge in [-0.05, 0) is 31.9 Å². The second-order valence-electron chi connectivity index (χ2n) is 5.68. The minimum absolute atomic E-state index is 0.0805. The summed E-state index contributed by atoms with van der Waals surface area (Å²) in [5, 5.41) is 2.79. The van der Waals surface area contributed by atoms with E-state index >= 15 is 0 Å². The number of amides is 2. The lowest BCUT2D eigenvalue weighted by molar-refractivity contribution is -0.138. The van der Waals surface area contributed by atoms with E-state index in [4.69, 9.17) is 0 Å². The van der Waals surface area contributed by atoms with E-state index in [1.54, 1.807) is 0 Å². The third kappa shape index (κ3) is 4.95. The zero-order valence-corrected chi connectivity index (χ0v) is 12.7. The molecule has 6 heteroatoms. The first kappa shape index (κ1) is 17.3. The molecule has 0 heterocycles. The molecule has 0 aromatic heterocycles. The lowest BCUT2D eigenvalue weighted by atomic mass is 10.0. The van der Waals surface area contributed by atoms with Gasteiger partial charge in [-0.15, -0.1) is 0 Å². The molecule has 0 atom stereocenters. The summed E-state index contributed by atoms with van der Waals surface area (Å²) in [4.78, 5) is 13.3. The number of hydrogen-bond donors (Lipinski definition) is 1. The van der Waals surface area contributed by atoms with Gasteiger partial charge in [0.15, 0.2) is 0 Å². The summed E-state index contributed by atoms with van der Waals surface area (Å²) in [5.41, 5.74) is -1.02. The fraction of sp³-hybridized carbons (Fsp3) is 0.533. The largest absolute Gasteiger partial charge is 0.416 e. The van der Waals surface area contributed by atoms with Gasteiger partial charge < -0.3 is 10.2 Å². The maximum absolute atomic E-state index is 12.9. The molecule has 1 rings (SSSR count). The van der Waals surface area contributed by atoms with Crippen LogP contribution in [-0.4, -0.2) is 23.5 Å². The standard InChI is InChI=1S/C15H21F3N2O/c1-5-14(2,3)19-13(21)20(4)10-11-8-6-7-9-12(11)15(16,17)18/h6-9H,5,10H2,1-4H3,(H,19,21).